The normalized spacial score (nSPS) is 19.3. The summed E-state index contributed by atoms with van der Waals surface area (Å²) < 4.78 is 13.6. The van der Waals surface area contributed by atoms with E-state index >= 15 is 0 Å². The summed E-state index contributed by atoms with van der Waals surface area (Å²) in [6.07, 6.45) is 0. The van der Waals surface area contributed by atoms with Crippen molar-refractivity contribution in [3.05, 3.63) is 28.5 Å². The Labute approximate surface area is 92.4 Å². The summed E-state index contributed by atoms with van der Waals surface area (Å²) in [5, 5.41) is 3.02. The van der Waals surface area contributed by atoms with Gasteiger partial charge in [-0.15, -0.1) is 0 Å². The van der Waals surface area contributed by atoms with E-state index in [1.165, 1.54) is 12.1 Å². The average molecular weight is 228 g/mol. The molecule has 0 fully saturated rings. The van der Waals surface area contributed by atoms with Crippen molar-refractivity contribution in [3.8, 4) is 0 Å². The first-order chi connectivity index (χ1) is 7.02. The van der Waals surface area contributed by atoms with Crippen LogP contribution >= 0.6 is 11.6 Å². The van der Waals surface area contributed by atoms with E-state index in [2.05, 4.69) is 5.32 Å². The summed E-state index contributed by atoms with van der Waals surface area (Å²) in [6.45, 7) is 3.78. The SMILES string of the molecule is CC(C)C1C(=O)Nc2c(Cl)ccc(F)c21. The number of anilines is 1. The van der Waals surface area contributed by atoms with Gasteiger partial charge in [-0.2, -0.15) is 0 Å². The van der Waals surface area contributed by atoms with Crippen molar-refractivity contribution in [2.75, 3.05) is 5.32 Å². The fraction of sp³-hybridized carbons (Fsp3) is 0.364. The lowest BCUT2D eigenvalue weighted by molar-refractivity contribution is -0.117. The molecule has 1 aliphatic heterocycles. The molecule has 0 spiro atoms. The van der Waals surface area contributed by atoms with Gasteiger partial charge in [0.15, 0.2) is 0 Å². The van der Waals surface area contributed by atoms with Crippen LogP contribution in [0.15, 0.2) is 12.1 Å². The van der Waals surface area contributed by atoms with Crippen LogP contribution in [0.3, 0.4) is 0 Å². The zero-order chi connectivity index (χ0) is 11.2. The first-order valence-electron chi connectivity index (χ1n) is 4.81. The summed E-state index contributed by atoms with van der Waals surface area (Å²) in [5.74, 6) is -0.920. The maximum atomic E-state index is 13.6. The topological polar surface area (TPSA) is 29.1 Å². The molecule has 0 saturated carbocycles. The van der Waals surface area contributed by atoms with Crippen molar-refractivity contribution in [1.29, 1.82) is 0 Å². The molecule has 1 heterocycles. The number of hydrogen-bond donors (Lipinski definition) is 1. The van der Waals surface area contributed by atoms with E-state index < -0.39 is 5.92 Å². The van der Waals surface area contributed by atoms with Gasteiger partial charge in [0.2, 0.25) is 5.91 Å². The van der Waals surface area contributed by atoms with Crippen molar-refractivity contribution in [3.63, 3.8) is 0 Å². The lowest BCUT2D eigenvalue weighted by Crippen LogP contribution is -2.17. The van der Waals surface area contributed by atoms with Crippen molar-refractivity contribution in [2.24, 2.45) is 5.92 Å². The van der Waals surface area contributed by atoms with Gasteiger partial charge in [-0.25, -0.2) is 4.39 Å². The number of nitrogens with one attached hydrogen (secondary N) is 1. The molecule has 0 radical (unpaired) electrons. The Hall–Kier alpha value is -1.09. The number of halogens is 2. The van der Waals surface area contributed by atoms with Gasteiger partial charge < -0.3 is 5.32 Å². The van der Waals surface area contributed by atoms with Gasteiger partial charge in [-0.05, 0) is 18.1 Å². The molecule has 0 aliphatic carbocycles. The van der Waals surface area contributed by atoms with Gasteiger partial charge in [0.05, 0.1) is 16.6 Å². The summed E-state index contributed by atoms with van der Waals surface area (Å²) >= 11 is 5.90. The number of fused-ring (bicyclic) bond motifs is 1. The van der Waals surface area contributed by atoms with Gasteiger partial charge >= 0.3 is 0 Å². The molecule has 1 N–H and O–H groups in total. The van der Waals surface area contributed by atoms with Crippen molar-refractivity contribution in [2.45, 2.75) is 19.8 Å². The standard InChI is InChI=1S/C11H11ClFNO/c1-5(2)8-9-7(13)4-3-6(12)10(9)14-11(8)15/h3-5,8H,1-2H3,(H,14,15). The molecule has 0 aromatic heterocycles. The summed E-state index contributed by atoms with van der Waals surface area (Å²) in [6, 6.07) is 2.76. The Balaban J connectivity index is 2.62. The molecular formula is C11H11ClFNO. The van der Waals surface area contributed by atoms with Crippen molar-refractivity contribution in [1.82, 2.24) is 0 Å². The zero-order valence-corrected chi connectivity index (χ0v) is 9.23. The predicted molar refractivity (Wildman–Crippen MR) is 57.6 cm³/mol. The van der Waals surface area contributed by atoms with E-state index in [-0.39, 0.29) is 17.6 Å². The molecule has 1 atom stereocenters. The van der Waals surface area contributed by atoms with Gasteiger partial charge in [-0.1, -0.05) is 25.4 Å². The van der Waals surface area contributed by atoms with Crippen LogP contribution in [0.25, 0.3) is 0 Å². The van der Waals surface area contributed by atoms with Crippen molar-refractivity contribution >= 4 is 23.2 Å². The van der Waals surface area contributed by atoms with Gasteiger partial charge in [-0.3, -0.25) is 4.79 Å². The number of hydrogen-bond acceptors (Lipinski definition) is 1. The third-order valence-corrected chi connectivity index (χ3v) is 2.96. The van der Waals surface area contributed by atoms with E-state index in [4.69, 9.17) is 11.6 Å². The molecule has 15 heavy (non-hydrogen) atoms. The number of rotatable bonds is 1. The number of carbonyl (C=O) groups is 1. The Morgan fingerprint density at radius 3 is 2.73 bits per heavy atom. The first-order valence-corrected chi connectivity index (χ1v) is 5.19. The minimum Gasteiger partial charge on any atom is -0.324 e. The Morgan fingerprint density at radius 2 is 2.13 bits per heavy atom. The molecule has 1 aliphatic rings. The smallest absolute Gasteiger partial charge is 0.232 e. The van der Waals surface area contributed by atoms with Crippen molar-refractivity contribution < 1.29 is 9.18 Å². The molecule has 2 rings (SSSR count). The largest absolute Gasteiger partial charge is 0.324 e. The van der Waals surface area contributed by atoms with Gasteiger partial charge in [0, 0.05) is 5.56 Å². The highest BCUT2D eigenvalue weighted by atomic mass is 35.5. The van der Waals surface area contributed by atoms with Crippen LogP contribution in [0.2, 0.25) is 5.02 Å². The van der Waals surface area contributed by atoms with E-state index in [9.17, 15) is 9.18 Å². The third-order valence-electron chi connectivity index (χ3n) is 2.65. The minimum absolute atomic E-state index is 0.0548. The lowest BCUT2D eigenvalue weighted by atomic mass is 9.89. The second-order valence-electron chi connectivity index (χ2n) is 4.03. The van der Waals surface area contributed by atoms with Crippen LogP contribution in [0.5, 0.6) is 0 Å². The van der Waals surface area contributed by atoms with E-state index in [0.29, 0.717) is 16.3 Å². The Kier molecular flexibility index (Phi) is 2.43. The molecule has 0 bridgehead atoms. The second kappa shape index (κ2) is 3.49. The molecule has 1 amide bonds. The summed E-state index contributed by atoms with van der Waals surface area (Å²) in [4.78, 5) is 11.6. The van der Waals surface area contributed by atoms with Crippen LogP contribution in [-0.4, -0.2) is 5.91 Å². The molecule has 2 nitrogen and oxygen atoms in total. The Morgan fingerprint density at radius 1 is 1.47 bits per heavy atom. The minimum atomic E-state index is -0.432. The lowest BCUT2D eigenvalue weighted by Gasteiger charge is -2.13. The molecule has 1 aromatic rings. The number of benzene rings is 1. The van der Waals surface area contributed by atoms with E-state index in [1.807, 2.05) is 13.8 Å². The van der Waals surface area contributed by atoms with Gasteiger partial charge in [0.25, 0.3) is 0 Å². The monoisotopic (exact) mass is 227 g/mol. The van der Waals surface area contributed by atoms with Crippen LogP contribution in [0.4, 0.5) is 10.1 Å². The average Bonchev–Trinajstić information content (AvgIpc) is 2.50. The Bertz CT molecular complexity index is 431. The molecule has 0 saturated heterocycles. The summed E-state index contributed by atoms with van der Waals surface area (Å²) in [7, 11) is 0. The first kappa shape index (κ1) is 10.4. The fourth-order valence-electron chi connectivity index (χ4n) is 1.97. The van der Waals surface area contributed by atoms with Crippen LogP contribution in [0, 0.1) is 11.7 Å². The van der Waals surface area contributed by atoms with E-state index in [1.54, 1.807) is 0 Å². The molecule has 1 aromatic carbocycles. The second-order valence-corrected chi connectivity index (χ2v) is 4.44. The van der Waals surface area contributed by atoms with Crippen LogP contribution in [-0.2, 0) is 4.79 Å². The van der Waals surface area contributed by atoms with E-state index in [0.717, 1.165) is 0 Å². The number of amides is 1. The highest BCUT2D eigenvalue weighted by Crippen LogP contribution is 2.42. The maximum absolute atomic E-state index is 13.6. The third kappa shape index (κ3) is 1.51. The number of carbonyl (C=O) groups excluding carboxylic acids is 1. The molecule has 1 unspecified atom stereocenters. The fourth-order valence-corrected chi connectivity index (χ4v) is 2.18. The van der Waals surface area contributed by atoms with Gasteiger partial charge in [0.1, 0.15) is 5.82 Å². The quantitative estimate of drug-likeness (QED) is 0.785. The highest BCUT2D eigenvalue weighted by Gasteiger charge is 2.36. The zero-order valence-electron chi connectivity index (χ0n) is 8.47. The molecule has 4 heteroatoms. The van der Waals surface area contributed by atoms with Crippen LogP contribution < -0.4 is 5.32 Å². The summed E-state index contributed by atoms with van der Waals surface area (Å²) in [5.41, 5.74) is 0.836. The highest BCUT2D eigenvalue weighted by molar-refractivity contribution is 6.34. The maximum Gasteiger partial charge on any atom is 0.232 e. The molecular weight excluding hydrogens is 217 g/mol. The molecule has 80 valence electrons. The predicted octanol–water partition coefficient (Wildman–Crippen LogP) is 3.17. The van der Waals surface area contributed by atoms with Crippen LogP contribution in [0.1, 0.15) is 25.3 Å².